The van der Waals surface area contributed by atoms with Gasteiger partial charge in [0.1, 0.15) is 0 Å². The van der Waals surface area contributed by atoms with Crippen molar-refractivity contribution >= 4 is 29.0 Å². The second kappa shape index (κ2) is 6.92. The Balaban J connectivity index is 2.82. The number of alkyl halides is 2. The fourth-order valence-corrected chi connectivity index (χ4v) is 1.62. The molecule has 0 spiro atoms. The third-order valence-electron chi connectivity index (χ3n) is 2.24. The van der Waals surface area contributed by atoms with E-state index in [1.165, 1.54) is 0 Å². The van der Waals surface area contributed by atoms with Crippen molar-refractivity contribution in [3.8, 4) is 5.75 Å². The average molecular weight is 277 g/mol. The Bertz CT molecular complexity index is 343. The summed E-state index contributed by atoms with van der Waals surface area (Å²) in [4.78, 5) is 4.26. The molecule has 17 heavy (non-hydrogen) atoms. The van der Waals surface area contributed by atoms with Crippen LogP contribution in [0.2, 0.25) is 0 Å². The van der Waals surface area contributed by atoms with Crippen LogP contribution in [0.1, 0.15) is 20.3 Å². The van der Waals surface area contributed by atoms with Gasteiger partial charge in [-0.1, -0.05) is 6.92 Å². The minimum atomic E-state index is -0.387. The summed E-state index contributed by atoms with van der Waals surface area (Å²) < 4.78 is 5.61. The highest BCUT2D eigenvalue weighted by molar-refractivity contribution is 6.22. The van der Waals surface area contributed by atoms with Gasteiger partial charge in [-0.25, -0.2) is 4.98 Å². The van der Waals surface area contributed by atoms with Crippen molar-refractivity contribution in [3.63, 3.8) is 0 Å². The van der Waals surface area contributed by atoms with Crippen LogP contribution >= 0.6 is 23.2 Å². The lowest BCUT2D eigenvalue weighted by Gasteiger charge is -2.27. The molecule has 1 heterocycles. The maximum absolute atomic E-state index is 5.90. The Hall–Kier alpha value is -0.670. The molecular formula is C12H18Cl2N2O. The average Bonchev–Trinajstić information content (AvgIpc) is 2.37. The number of anilines is 1. The van der Waals surface area contributed by atoms with Crippen LogP contribution < -0.4 is 10.1 Å². The van der Waals surface area contributed by atoms with Gasteiger partial charge >= 0.3 is 0 Å². The molecule has 1 aromatic rings. The first kappa shape index (κ1) is 14.4. The van der Waals surface area contributed by atoms with Gasteiger partial charge in [-0.2, -0.15) is 0 Å². The molecular weight excluding hydrogens is 259 g/mol. The molecule has 0 saturated carbocycles. The van der Waals surface area contributed by atoms with Crippen LogP contribution in [0, 0.1) is 0 Å². The van der Waals surface area contributed by atoms with E-state index in [1.807, 2.05) is 19.1 Å². The molecule has 0 radical (unpaired) electrons. The van der Waals surface area contributed by atoms with Crippen molar-refractivity contribution in [1.29, 1.82) is 0 Å². The topological polar surface area (TPSA) is 34.1 Å². The van der Waals surface area contributed by atoms with Crippen LogP contribution in [-0.2, 0) is 0 Å². The third-order valence-corrected chi connectivity index (χ3v) is 3.42. The summed E-state index contributed by atoms with van der Waals surface area (Å²) in [5, 5.41) is 3.23. The summed E-state index contributed by atoms with van der Waals surface area (Å²) >= 11 is 11.8. The van der Waals surface area contributed by atoms with Gasteiger partial charge in [0, 0.05) is 18.0 Å². The molecule has 5 heteroatoms. The smallest absolute Gasteiger partial charge is 0.169 e. The molecule has 0 bridgehead atoms. The van der Waals surface area contributed by atoms with Gasteiger partial charge in [0.05, 0.1) is 12.1 Å². The molecule has 3 nitrogen and oxygen atoms in total. The third kappa shape index (κ3) is 4.25. The van der Waals surface area contributed by atoms with Crippen LogP contribution in [0.25, 0.3) is 0 Å². The predicted octanol–water partition coefficient (Wildman–Crippen LogP) is 3.52. The van der Waals surface area contributed by atoms with E-state index < -0.39 is 0 Å². The number of hydrogen-bond acceptors (Lipinski definition) is 3. The van der Waals surface area contributed by atoms with E-state index in [4.69, 9.17) is 27.9 Å². The number of pyridine rings is 1. The van der Waals surface area contributed by atoms with E-state index in [9.17, 15) is 0 Å². The Morgan fingerprint density at radius 3 is 2.71 bits per heavy atom. The first-order chi connectivity index (χ1) is 8.15. The van der Waals surface area contributed by atoms with Gasteiger partial charge < -0.3 is 10.1 Å². The van der Waals surface area contributed by atoms with E-state index in [2.05, 4.69) is 17.2 Å². The molecule has 0 saturated heterocycles. The van der Waals surface area contributed by atoms with Gasteiger partial charge in [0.2, 0.25) is 0 Å². The zero-order valence-corrected chi connectivity index (χ0v) is 11.7. The summed E-state index contributed by atoms with van der Waals surface area (Å²) in [6, 6.07) is 3.72. The van der Waals surface area contributed by atoms with Gasteiger partial charge in [-0.3, -0.25) is 0 Å². The Labute approximate surface area is 112 Å². The molecule has 0 aliphatic rings. The van der Waals surface area contributed by atoms with E-state index in [0.717, 1.165) is 12.2 Å². The second-order valence-corrected chi connectivity index (χ2v) is 4.69. The monoisotopic (exact) mass is 276 g/mol. The fourth-order valence-electron chi connectivity index (χ4n) is 1.20. The lowest BCUT2D eigenvalue weighted by Crippen LogP contribution is -2.39. The van der Waals surface area contributed by atoms with Crippen molar-refractivity contribution in [3.05, 3.63) is 18.3 Å². The molecule has 0 aliphatic carbocycles. The molecule has 96 valence electrons. The molecule has 0 aliphatic heterocycles. The Morgan fingerprint density at radius 2 is 2.12 bits per heavy atom. The molecule has 1 N–H and O–H groups in total. The normalized spacial score (nSPS) is 11.3. The minimum Gasteiger partial charge on any atom is -0.490 e. The van der Waals surface area contributed by atoms with E-state index in [1.54, 1.807) is 6.20 Å². The molecule has 0 aromatic carbocycles. The van der Waals surface area contributed by atoms with Gasteiger partial charge in [-0.05, 0) is 25.5 Å². The SMILES string of the molecule is CCCOc1cccnc1NC(C)(CCl)CCl. The van der Waals surface area contributed by atoms with Crippen LogP contribution in [0.15, 0.2) is 18.3 Å². The summed E-state index contributed by atoms with van der Waals surface area (Å²) in [7, 11) is 0. The lowest BCUT2D eigenvalue weighted by atomic mass is 10.1. The Kier molecular flexibility index (Phi) is 5.86. The summed E-state index contributed by atoms with van der Waals surface area (Å²) in [6.45, 7) is 4.68. The summed E-state index contributed by atoms with van der Waals surface area (Å²) in [5.74, 6) is 2.22. The molecule has 0 amide bonds. The number of hydrogen-bond donors (Lipinski definition) is 1. The van der Waals surface area contributed by atoms with Crippen molar-refractivity contribution in [2.75, 3.05) is 23.7 Å². The maximum atomic E-state index is 5.90. The van der Waals surface area contributed by atoms with Crippen molar-refractivity contribution in [2.45, 2.75) is 25.8 Å². The van der Waals surface area contributed by atoms with E-state index >= 15 is 0 Å². The lowest BCUT2D eigenvalue weighted by molar-refractivity contribution is 0.317. The number of aromatic nitrogens is 1. The quantitative estimate of drug-likeness (QED) is 0.774. The van der Waals surface area contributed by atoms with Crippen molar-refractivity contribution in [2.24, 2.45) is 0 Å². The van der Waals surface area contributed by atoms with E-state index in [0.29, 0.717) is 24.2 Å². The standard InChI is InChI=1S/C12H18Cl2N2O/c1-3-7-17-10-5-4-6-15-11(10)16-12(2,8-13)9-14/h4-6H,3,7-9H2,1-2H3,(H,15,16). The number of halogens is 2. The second-order valence-electron chi connectivity index (χ2n) is 4.15. The number of nitrogens with zero attached hydrogens (tertiary/aromatic N) is 1. The number of nitrogens with one attached hydrogen (secondary N) is 1. The van der Waals surface area contributed by atoms with Gasteiger partial charge in [-0.15, -0.1) is 23.2 Å². The first-order valence-electron chi connectivity index (χ1n) is 5.63. The van der Waals surface area contributed by atoms with Gasteiger partial charge in [0.15, 0.2) is 11.6 Å². The predicted molar refractivity (Wildman–Crippen MR) is 73.5 cm³/mol. The summed E-state index contributed by atoms with van der Waals surface area (Å²) in [5.41, 5.74) is -0.387. The zero-order chi connectivity index (χ0) is 12.7. The molecule has 1 aromatic heterocycles. The molecule has 1 rings (SSSR count). The number of ether oxygens (including phenoxy) is 1. The van der Waals surface area contributed by atoms with Crippen molar-refractivity contribution < 1.29 is 4.74 Å². The van der Waals surface area contributed by atoms with Gasteiger partial charge in [0.25, 0.3) is 0 Å². The highest BCUT2D eigenvalue weighted by Crippen LogP contribution is 2.25. The van der Waals surface area contributed by atoms with Crippen LogP contribution in [0.5, 0.6) is 5.75 Å². The van der Waals surface area contributed by atoms with Crippen LogP contribution in [-0.4, -0.2) is 28.9 Å². The number of rotatable bonds is 7. The largest absolute Gasteiger partial charge is 0.490 e. The van der Waals surface area contributed by atoms with Crippen LogP contribution in [0.3, 0.4) is 0 Å². The molecule has 0 unspecified atom stereocenters. The summed E-state index contributed by atoms with van der Waals surface area (Å²) in [6.07, 6.45) is 2.67. The Morgan fingerprint density at radius 1 is 1.41 bits per heavy atom. The van der Waals surface area contributed by atoms with Crippen molar-refractivity contribution in [1.82, 2.24) is 4.98 Å². The van der Waals surface area contributed by atoms with Crippen LogP contribution in [0.4, 0.5) is 5.82 Å². The molecule has 0 fully saturated rings. The minimum absolute atomic E-state index is 0.387. The molecule has 0 atom stereocenters. The maximum Gasteiger partial charge on any atom is 0.169 e. The highest BCUT2D eigenvalue weighted by Gasteiger charge is 2.23. The fraction of sp³-hybridized carbons (Fsp3) is 0.583. The first-order valence-corrected chi connectivity index (χ1v) is 6.70. The van der Waals surface area contributed by atoms with E-state index in [-0.39, 0.29) is 5.54 Å². The highest BCUT2D eigenvalue weighted by atomic mass is 35.5. The zero-order valence-electron chi connectivity index (χ0n) is 10.2.